The van der Waals surface area contributed by atoms with Crippen LogP contribution in [0.1, 0.15) is 22.3 Å². The number of ether oxygens (including phenoxy) is 1. The fourth-order valence-electron chi connectivity index (χ4n) is 1.68. The van der Waals surface area contributed by atoms with Crippen molar-refractivity contribution in [2.45, 2.75) is 12.8 Å². The molecule has 1 aliphatic rings. The van der Waals surface area contributed by atoms with E-state index in [1.54, 1.807) is 6.07 Å². The van der Waals surface area contributed by atoms with Gasteiger partial charge in [-0.3, -0.25) is 4.79 Å². The summed E-state index contributed by atoms with van der Waals surface area (Å²) < 4.78 is 5.37. The molecule has 0 aliphatic carbocycles. The molecule has 1 aromatic carbocycles. The maximum absolute atomic E-state index is 11.7. The number of carbonyl (C=O) groups is 1. The highest BCUT2D eigenvalue weighted by Crippen LogP contribution is 2.25. The van der Waals surface area contributed by atoms with E-state index in [9.17, 15) is 4.79 Å². The van der Waals surface area contributed by atoms with Gasteiger partial charge in [-0.2, -0.15) is 0 Å². The molecule has 1 N–H and O–H groups in total. The Morgan fingerprint density at radius 1 is 1.56 bits per heavy atom. The molecule has 0 bridgehead atoms. The SMILES string of the molecule is C#CCCNC(=O)c1ccc2c(c1)CCO2. The first-order valence-corrected chi connectivity index (χ1v) is 5.28. The van der Waals surface area contributed by atoms with Crippen LogP contribution in [-0.4, -0.2) is 19.1 Å². The molecule has 82 valence electrons. The minimum Gasteiger partial charge on any atom is -0.493 e. The van der Waals surface area contributed by atoms with Gasteiger partial charge in [-0.05, 0) is 23.8 Å². The van der Waals surface area contributed by atoms with Crippen molar-refractivity contribution < 1.29 is 9.53 Å². The molecule has 1 aliphatic heterocycles. The van der Waals surface area contributed by atoms with E-state index >= 15 is 0 Å². The van der Waals surface area contributed by atoms with Crippen LogP contribution in [0.15, 0.2) is 18.2 Å². The summed E-state index contributed by atoms with van der Waals surface area (Å²) in [5.41, 5.74) is 1.77. The van der Waals surface area contributed by atoms with Crippen molar-refractivity contribution in [3.8, 4) is 18.1 Å². The highest BCUT2D eigenvalue weighted by atomic mass is 16.5. The molecule has 3 nitrogen and oxygen atoms in total. The molecular formula is C13H13NO2. The topological polar surface area (TPSA) is 38.3 Å². The molecule has 2 rings (SSSR count). The van der Waals surface area contributed by atoms with Crippen LogP contribution in [0.5, 0.6) is 5.75 Å². The lowest BCUT2D eigenvalue weighted by Gasteiger charge is -2.04. The van der Waals surface area contributed by atoms with Gasteiger partial charge >= 0.3 is 0 Å². The Hall–Kier alpha value is -1.95. The zero-order valence-electron chi connectivity index (χ0n) is 8.95. The van der Waals surface area contributed by atoms with Gasteiger partial charge in [0, 0.05) is 24.9 Å². The van der Waals surface area contributed by atoms with Crippen molar-refractivity contribution in [2.75, 3.05) is 13.2 Å². The smallest absolute Gasteiger partial charge is 0.251 e. The van der Waals surface area contributed by atoms with Crippen LogP contribution in [0.3, 0.4) is 0 Å². The summed E-state index contributed by atoms with van der Waals surface area (Å²) >= 11 is 0. The van der Waals surface area contributed by atoms with Gasteiger partial charge in [0.05, 0.1) is 6.61 Å². The second kappa shape index (κ2) is 4.71. The van der Waals surface area contributed by atoms with Gasteiger partial charge in [0.1, 0.15) is 5.75 Å². The standard InChI is InChI=1S/C13H13NO2/c1-2-3-7-14-13(15)11-4-5-12-10(9-11)6-8-16-12/h1,4-5,9H,3,6-8H2,(H,14,15). The number of hydrogen-bond donors (Lipinski definition) is 1. The highest BCUT2D eigenvalue weighted by Gasteiger charge is 2.14. The van der Waals surface area contributed by atoms with Crippen LogP contribution in [0.4, 0.5) is 0 Å². The van der Waals surface area contributed by atoms with Crippen molar-refractivity contribution in [3.05, 3.63) is 29.3 Å². The lowest BCUT2D eigenvalue weighted by atomic mass is 10.1. The third-order valence-electron chi connectivity index (χ3n) is 2.51. The van der Waals surface area contributed by atoms with Crippen molar-refractivity contribution >= 4 is 5.91 Å². The Morgan fingerprint density at radius 2 is 2.44 bits per heavy atom. The second-order valence-electron chi connectivity index (χ2n) is 3.63. The van der Waals surface area contributed by atoms with Crippen LogP contribution in [-0.2, 0) is 6.42 Å². The highest BCUT2D eigenvalue weighted by molar-refractivity contribution is 5.94. The summed E-state index contributed by atoms with van der Waals surface area (Å²) in [6.07, 6.45) is 6.54. The third kappa shape index (κ3) is 2.17. The van der Waals surface area contributed by atoms with Crippen LogP contribution in [0, 0.1) is 12.3 Å². The van der Waals surface area contributed by atoms with E-state index in [0.29, 0.717) is 25.1 Å². The predicted molar refractivity (Wildman–Crippen MR) is 61.4 cm³/mol. The Morgan fingerprint density at radius 3 is 3.25 bits per heavy atom. The van der Waals surface area contributed by atoms with Crippen molar-refractivity contribution in [1.82, 2.24) is 5.32 Å². The monoisotopic (exact) mass is 215 g/mol. The molecule has 1 amide bonds. The van der Waals surface area contributed by atoms with Crippen LogP contribution < -0.4 is 10.1 Å². The van der Waals surface area contributed by atoms with Gasteiger partial charge in [0.2, 0.25) is 0 Å². The molecule has 16 heavy (non-hydrogen) atoms. The van der Waals surface area contributed by atoms with Gasteiger partial charge in [0.15, 0.2) is 0 Å². The fourth-order valence-corrected chi connectivity index (χ4v) is 1.68. The molecule has 0 unspecified atom stereocenters. The Labute approximate surface area is 94.8 Å². The summed E-state index contributed by atoms with van der Waals surface area (Å²) in [6, 6.07) is 5.50. The summed E-state index contributed by atoms with van der Waals surface area (Å²) in [7, 11) is 0. The lowest BCUT2D eigenvalue weighted by molar-refractivity contribution is 0.0954. The van der Waals surface area contributed by atoms with Gasteiger partial charge in [-0.1, -0.05) is 0 Å². The summed E-state index contributed by atoms with van der Waals surface area (Å²) in [5, 5.41) is 2.77. The number of rotatable bonds is 3. The maximum Gasteiger partial charge on any atom is 0.251 e. The van der Waals surface area contributed by atoms with Gasteiger partial charge in [0.25, 0.3) is 5.91 Å². The molecule has 0 aromatic heterocycles. The quantitative estimate of drug-likeness (QED) is 0.611. The maximum atomic E-state index is 11.7. The van der Waals surface area contributed by atoms with Crippen LogP contribution >= 0.6 is 0 Å². The number of terminal acetylenes is 1. The molecule has 0 radical (unpaired) electrons. The molecular weight excluding hydrogens is 202 g/mol. The van der Waals surface area contributed by atoms with Crippen LogP contribution in [0.2, 0.25) is 0 Å². The molecule has 0 atom stereocenters. The van der Waals surface area contributed by atoms with Crippen molar-refractivity contribution in [1.29, 1.82) is 0 Å². The van der Waals surface area contributed by atoms with Gasteiger partial charge < -0.3 is 10.1 Å². The van der Waals surface area contributed by atoms with E-state index in [1.165, 1.54) is 0 Å². The first-order chi connectivity index (χ1) is 7.81. The molecule has 0 fully saturated rings. The Bertz CT molecular complexity index is 446. The van der Waals surface area contributed by atoms with Gasteiger partial charge in [-0.15, -0.1) is 12.3 Å². The molecule has 0 spiro atoms. The number of nitrogens with one attached hydrogen (secondary N) is 1. The predicted octanol–water partition coefficient (Wildman–Crippen LogP) is 1.37. The van der Waals surface area contributed by atoms with Crippen molar-refractivity contribution in [3.63, 3.8) is 0 Å². The second-order valence-corrected chi connectivity index (χ2v) is 3.63. The number of benzene rings is 1. The molecule has 1 heterocycles. The first-order valence-electron chi connectivity index (χ1n) is 5.28. The fraction of sp³-hybridized carbons (Fsp3) is 0.308. The van der Waals surface area contributed by atoms with E-state index < -0.39 is 0 Å². The number of amides is 1. The van der Waals surface area contributed by atoms with E-state index in [-0.39, 0.29) is 5.91 Å². The molecule has 0 saturated carbocycles. The molecule has 3 heteroatoms. The first kappa shape index (κ1) is 10.6. The summed E-state index contributed by atoms with van der Waals surface area (Å²) in [6.45, 7) is 1.22. The number of carbonyl (C=O) groups excluding carboxylic acids is 1. The average Bonchev–Trinajstić information content (AvgIpc) is 2.76. The normalized spacial score (nSPS) is 12.4. The number of hydrogen-bond acceptors (Lipinski definition) is 2. The van der Waals surface area contributed by atoms with E-state index in [0.717, 1.165) is 17.7 Å². The summed E-state index contributed by atoms with van der Waals surface area (Å²) in [5.74, 6) is 3.29. The van der Waals surface area contributed by atoms with Crippen LogP contribution in [0.25, 0.3) is 0 Å². The Kier molecular flexibility index (Phi) is 3.11. The molecule has 0 saturated heterocycles. The summed E-state index contributed by atoms with van der Waals surface area (Å²) in [4.78, 5) is 11.7. The molecule has 1 aromatic rings. The average molecular weight is 215 g/mol. The number of fused-ring (bicyclic) bond motifs is 1. The van der Waals surface area contributed by atoms with Gasteiger partial charge in [-0.25, -0.2) is 0 Å². The third-order valence-corrected chi connectivity index (χ3v) is 2.51. The Balaban J connectivity index is 2.04. The minimum atomic E-state index is -0.0787. The minimum absolute atomic E-state index is 0.0787. The van der Waals surface area contributed by atoms with E-state index in [2.05, 4.69) is 11.2 Å². The zero-order chi connectivity index (χ0) is 11.4. The van der Waals surface area contributed by atoms with Crippen molar-refractivity contribution in [2.24, 2.45) is 0 Å². The largest absolute Gasteiger partial charge is 0.493 e. The lowest BCUT2D eigenvalue weighted by Crippen LogP contribution is -2.24. The zero-order valence-corrected chi connectivity index (χ0v) is 8.95. The van der Waals surface area contributed by atoms with E-state index in [4.69, 9.17) is 11.2 Å². The van der Waals surface area contributed by atoms with E-state index in [1.807, 2.05) is 12.1 Å².